The summed E-state index contributed by atoms with van der Waals surface area (Å²) < 4.78 is 1.87. The van der Waals surface area contributed by atoms with Gasteiger partial charge in [0.05, 0.1) is 0 Å². The monoisotopic (exact) mass is 222 g/mol. The number of nitrogens with one attached hydrogen (secondary N) is 1. The van der Waals surface area contributed by atoms with Crippen LogP contribution in [0.3, 0.4) is 0 Å². The van der Waals surface area contributed by atoms with Crippen molar-refractivity contribution in [2.45, 2.75) is 32.2 Å². The molecule has 2 rings (SSSR count). The summed E-state index contributed by atoms with van der Waals surface area (Å²) in [4.78, 5) is 2.39. The van der Waals surface area contributed by atoms with Gasteiger partial charge in [-0.05, 0) is 25.8 Å². The minimum atomic E-state index is 0.635. The highest BCUT2D eigenvalue weighted by Crippen LogP contribution is 2.17. The minimum Gasteiger partial charge on any atom is -0.354 e. The number of hydrogen-bond donors (Lipinski definition) is 1. The molecule has 1 aromatic rings. The van der Waals surface area contributed by atoms with Crippen LogP contribution in [-0.2, 0) is 7.05 Å². The van der Waals surface area contributed by atoms with Crippen molar-refractivity contribution in [1.29, 1.82) is 0 Å². The fourth-order valence-corrected chi connectivity index (χ4v) is 2.27. The summed E-state index contributed by atoms with van der Waals surface area (Å²) in [7, 11) is 1.97. The normalized spacial score (nSPS) is 21.4. The Morgan fingerprint density at radius 3 is 3.12 bits per heavy atom. The molecule has 0 radical (unpaired) electrons. The van der Waals surface area contributed by atoms with Crippen LogP contribution in [0, 0.1) is 0 Å². The maximum Gasteiger partial charge on any atom is 0.150 e. The summed E-state index contributed by atoms with van der Waals surface area (Å²) in [5.41, 5.74) is 0. The maximum absolute atomic E-state index is 4.46. The first kappa shape index (κ1) is 11.5. The van der Waals surface area contributed by atoms with E-state index in [1.54, 1.807) is 0 Å². The van der Waals surface area contributed by atoms with Gasteiger partial charge in [0.2, 0.25) is 0 Å². The largest absolute Gasteiger partial charge is 0.354 e. The number of aromatic nitrogens is 2. The topological polar surface area (TPSA) is 33.1 Å². The van der Waals surface area contributed by atoms with Gasteiger partial charge in [-0.15, -0.1) is 0 Å². The Balaban J connectivity index is 1.91. The molecule has 0 aromatic carbocycles. The lowest BCUT2D eigenvalue weighted by Crippen LogP contribution is -2.46. The molecular formula is C12H22N4. The molecule has 0 aliphatic carbocycles. The average molecular weight is 222 g/mol. The van der Waals surface area contributed by atoms with E-state index in [-0.39, 0.29) is 0 Å². The van der Waals surface area contributed by atoms with Crippen LogP contribution < -0.4 is 10.2 Å². The van der Waals surface area contributed by atoms with Crippen molar-refractivity contribution in [2.75, 3.05) is 24.5 Å². The van der Waals surface area contributed by atoms with Crippen LogP contribution in [0.4, 0.5) is 5.82 Å². The van der Waals surface area contributed by atoms with Crippen LogP contribution in [0.2, 0.25) is 0 Å². The molecule has 1 aliphatic rings. The maximum atomic E-state index is 4.46. The number of piperidine rings is 1. The summed E-state index contributed by atoms with van der Waals surface area (Å²) in [5, 5.41) is 8.07. The van der Waals surface area contributed by atoms with E-state index in [9.17, 15) is 0 Å². The zero-order valence-corrected chi connectivity index (χ0v) is 10.3. The third kappa shape index (κ3) is 2.76. The standard InChI is InChI=1S/C12H22N4/c1-3-7-13-11-5-4-8-16(10-11)12-6-9-15(2)14-12/h6,9,11,13H,3-5,7-8,10H2,1-2H3. The smallest absolute Gasteiger partial charge is 0.150 e. The molecule has 1 N–H and O–H groups in total. The van der Waals surface area contributed by atoms with Crippen LogP contribution >= 0.6 is 0 Å². The van der Waals surface area contributed by atoms with E-state index in [0.29, 0.717) is 6.04 Å². The lowest BCUT2D eigenvalue weighted by atomic mass is 10.1. The molecule has 1 saturated heterocycles. The van der Waals surface area contributed by atoms with Crippen LogP contribution in [0.25, 0.3) is 0 Å². The summed E-state index contributed by atoms with van der Waals surface area (Å²) in [6.45, 7) is 5.57. The second kappa shape index (κ2) is 5.34. The number of nitrogens with zero attached hydrogens (tertiary/aromatic N) is 3. The Hall–Kier alpha value is -1.03. The molecule has 16 heavy (non-hydrogen) atoms. The van der Waals surface area contributed by atoms with E-state index in [2.05, 4.69) is 28.3 Å². The molecule has 1 unspecified atom stereocenters. The second-order valence-electron chi connectivity index (χ2n) is 4.59. The first-order valence-electron chi connectivity index (χ1n) is 6.27. The van der Waals surface area contributed by atoms with Gasteiger partial charge in [-0.25, -0.2) is 0 Å². The molecule has 0 amide bonds. The van der Waals surface area contributed by atoms with Crippen molar-refractivity contribution in [2.24, 2.45) is 7.05 Å². The van der Waals surface area contributed by atoms with Crippen molar-refractivity contribution in [1.82, 2.24) is 15.1 Å². The number of anilines is 1. The summed E-state index contributed by atoms with van der Waals surface area (Å²) >= 11 is 0. The molecule has 0 spiro atoms. The van der Waals surface area contributed by atoms with Gasteiger partial charge >= 0.3 is 0 Å². The van der Waals surface area contributed by atoms with Crippen molar-refractivity contribution in [3.8, 4) is 0 Å². The molecule has 4 heteroatoms. The van der Waals surface area contributed by atoms with Gasteiger partial charge in [-0.2, -0.15) is 5.10 Å². The van der Waals surface area contributed by atoms with Crippen LogP contribution in [0.1, 0.15) is 26.2 Å². The van der Waals surface area contributed by atoms with Gasteiger partial charge in [0, 0.05) is 38.4 Å². The number of aryl methyl sites for hydroxylation is 1. The molecule has 0 bridgehead atoms. The van der Waals surface area contributed by atoms with Crippen molar-refractivity contribution >= 4 is 5.82 Å². The minimum absolute atomic E-state index is 0.635. The highest BCUT2D eigenvalue weighted by atomic mass is 15.3. The first-order chi connectivity index (χ1) is 7.79. The van der Waals surface area contributed by atoms with Gasteiger partial charge in [0.25, 0.3) is 0 Å². The predicted octanol–water partition coefficient (Wildman–Crippen LogP) is 1.39. The third-order valence-electron chi connectivity index (χ3n) is 3.13. The highest BCUT2D eigenvalue weighted by Gasteiger charge is 2.20. The van der Waals surface area contributed by atoms with E-state index < -0.39 is 0 Å². The van der Waals surface area contributed by atoms with E-state index in [1.807, 2.05) is 17.9 Å². The zero-order chi connectivity index (χ0) is 11.4. The van der Waals surface area contributed by atoms with Gasteiger partial charge < -0.3 is 10.2 Å². The quantitative estimate of drug-likeness (QED) is 0.835. The molecule has 90 valence electrons. The van der Waals surface area contributed by atoms with Gasteiger partial charge in [-0.3, -0.25) is 4.68 Å². The third-order valence-corrected chi connectivity index (χ3v) is 3.13. The van der Waals surface area contributed by atoms with Crippen molar-refractivity contribution < 1.29 is 0 Å². The zero-order valence-electron chi connectivity index (χ0n) is 10.3. The second-order valence-corrected chi connectivity index (χ2v) is 4.59. The molecule has 4 nitrogen and oxygen atoms in total. The van der Waals surface area contributed by atoms with Gasteiger partial charge in [-0.1, -0.05) is 6.92 Å². The molecule has 1 aliphatic heterocycles. The first-order valence-corrected chi connectivity index (χ1v) is 6.27. The Morgan fingerprint density at radius 2 is 2.44 bits per heavy atom. The molecule has 1 atom stereocenters. The molecular weight excluding hydrogens is 200 g/mol. The number of hydrogen-bond acceptors (Lipinski definition) is 3. The van der Waals surface area contributed by atoms with Crippen LogP contribution in [0.5, 0.6) is 0 Å². The Kier molecular flexibility index (Phi) is 3.83. The Morgan fingerprint density at radius 1 is 1.56 bits per heavy atom. The highest BCUT2D eigenvalue weighted by molar-refractivity contribution is 5.37. The predicted molar refractivity (Wildman–Crippen MR) is 66.7 cm³/mol. The van der Waals surface area contributed by atoms with Crippen LogP contribution in [0.15, 0.2) is 12.3 Å². The lowest BCUT2D eigenvalue weighted by Gasteiger charge is -2.33. The van der Waals surface area contributed by atoms with Crippen molar-refractivity contribution in [3.63, 3.8) is 0 Å². The van der Waals surface area contributed by atoms with Gasteiger partial charge in [0.15, 0.2) is 5.82 Å². The molecule has 2 heterocycles. The van der Waals surface area contributed by atoms with E-state index >= 15 is 0 Å². The van der Waals surface area contributed by atoms with E-state index in [4.69, 9.17) is 0 Å². The molecule has 1 fully saturated rings. The SMILES string of the molecule is CCCNC1CCCN(c2ccn(C)n2)C1. The Labute approximate surface area is 97.6 Å². The van der Waals surface area contributed by atoms with Crippen LogP contribution in [-0.4, -0.2) is 35.5 Å². The number of rotatable bonds is 4. The summed E-state index contributed by atoms with van der Waals surface area (Å²) in [6.07, 6.45) is 5.78. The van der Waals surface area contributed by atoms with E-state index in [1.165, 1.54) is 19.3 Å². The fraction of sp³-hybridized carbons (Fsp3) is 0.750. The molecule has 0 saturated carbocycles. The van der Waals surface area contributed by atoms with Gasteiger partial charge in [0.1, 0.15) is 0 Å². The molecule has 1 aromatic heterocycles. The Bertz CT molecular complexity index is 321. The lowest BCUT2D eigenvalue weighted by molar-refractivity contribution is 0.421. The fourth-order valence-electron chi connectivity index (χ4n) is 2.27. The van der Waals surface area contributed by atoms with E-state index in [0.717, 1.165) is 25.5 Å². The summed E-state index contributed by atoms with van der Waals surface area (Å²) in [6, 6.07) is 2.73. The average Bonchev–Trinajstić information content (AvgIpc) is 2.74. The summed E-state index contributed by atoms with van der Waals surface area (Å²) in [5.74, 6) is 1.12. The van der Waals surface area contributed by atoms with Crippen molar-refractivity contribution in [3.05, 3.63) is 12.3 Å².